The molecule has 0 unspecified atom stereocenters. The van der Waals surface area contributed by atoms with Crippen LogP contribution >= 0.6 is 0 Å². The normalized spacial score (nSPS) is 14.0. The smallest absolute Gasteiger partial charge is 0.415 e. The van der Waals surface area contributed by atoms with Gasteiger partial charge in [0.05, 0.1) is 13.0 Å². The van der Waals surface area contributed by atoms with Crippen molar-refractivity contribution in [3.8, 4) is 11.5 Å². The van der Waals surface area contributed by atoms with Crippen molar-refractivity contribution in [2.75, 3.05) is 32.8 Å². The van der Waals surface area contributed by atoms with Gasteiger partial charge in [-0.15, -0.1) is 0 Å². The highest BCUT2D eigenvalue weighted by Gasteiger charge is 2.25. The van der Waals surface area contributed by atoms with E-state index in [4.69, 9.17) is 9.47 Å². The molecule has 0 aromatic heterocycles. The molecule has 1 heterocycles. The number of hydrogen-bond donors (Lipinski definition) is 0. The van der Waals surface area contributed by atoms with Crippen LogP contribution in [0.3, 0.4) is 0 Å². The van der Waals surface area contributed by atoms with Crippen molar-refractivity contribution >= 4 is 12.0 Å². The first-order valence-electron chi connectivity index (χ1n) is 8.70. The fourth-order valence-corrected chi connectivity index (χ4v) is 2.72. The van der Waals surface area contributed by atoms with Gasteiger partial charge in [-0.2, -0.15) is 0 Å². The third-order valence-electron chi connectivity index (χ3n) is 4.17. The molecule has 2 aromatic rings. The maximum atomic E-state index is 12.3. The molecule has 0 spiro atoms. The van der Waals surface area contributed by atoms with E-state index in [0.29, 0.717) is 45.0 Å². The van der Waals surface area contributed by atoms with Crippen LogP contribution in [0.4, 0.5) is 4.79 Å². The molecule has 0 bridgehead atoms. The number of rotatable bonds is 5. The van der Waals surface area contributed by atoms with Gasteiger partial charge in [0.25, 0.3) is 0 Å². The molecule has 136 valence electrons. The molecule has 2 aromatic carbocycles. The highest BCUT2D eigenvalue weighted by molar-refractivity contribution is 5.77. The van der Waals surface area contributed by atoms with Crippen LogP contribution < -0.4 is 9.47 Å². The molecule has 1 fully saturated rings. The Labute approximate surface area is 152 Å². The standard InChI is InChI=1S/C20H22N2O4/c23-19(11-16-25-17-7-3-1-4-8-17)21-12-14-22(15-13-21)20(24)26-18-9-5-2-6-10-18/h1-10H,11-16H2. The van der Waals surface area contributed by atoms with Gasteiger partial charge in [0.2, 0.25) is 5.91 Å². The molecule has 0 aliphatic carbocycles. The molecule has 2 amide bonds. The minimum atomic E-state index is -0.379. The van der Waals surface area contributed by atoms with Gasteiger partial charge < -0.3 is 19.3 Å². The first-order chi connectivity index (χ1) is 12.7. The summed E-state index contributed by atoms with van der Waals surface area (Å²) in [7, 11) is 0. The maximum absolute atomic E-state index is 12.3. The summed E-state index contributed by atoms with van der Waals surface area (Å²) in [4.78, 5) is 27.8. The molecule has 0 radical (unpaired) electrons. The summed E-state index contributed by atoms with van der Waals surface area (Å²) in [5.41, 5.74) is 0. The van der Waals surface area contributed by atoms with Gasteiger partial charge in [-0.1, -0.05) is 36.4 Å². The van der Waals surface area contributed by atoms with E-state index >= 15 is 0 Å². The average Bonchev–Trinajstić information content (AvgIpc) is 2.69. The molecule has 0 N–H and O–H groups in total. The van der Waals surface area contributed by atoms with Crippen LogP contribution in [0.25, 0.3) is 0 Å². The van der Waals surface area contributed by atoms with Gasteiger partial charge in [-0.05, 0) is 24.3 Å². The Bertz CT molecular complexity index is 713. The second kappa shape index (κ2) is 8.89. The summed E-state index contributed by atoms with van der Waals surface area (Å²) in [5, 5.41) is 0. The molecule has 3 rings (SSSR count). The molecular weight excluding hydrogens is 332 g/mol. The lowest BCUT2D eigenvalue weighted by molar-refractivity contribution is -0.133. The van der Waals surface area contributed by atoms with Gasteiger partial charge in [0.1, 0.15) is 11.5 Å². The van der Waals surface area contributed by atoms with Crippen LogP contribution in [0.1, 0.15) is 6.42 Å². The maximum Gasteiger partial charge on any atom is 0.415 e. The summed E-state index contributed by atoms with van der Waals surface area (Å²) >= 11 is 0. The molecule has 0 saturated carbocycles. The van der Waals surface area contributed by atoms with E-state index in [1.165, 1.54) is 0 Å². The minimum absolute atomic E-state index is 0.0389. The highest BCUT2D eigenvalue weighted by Crippen LogP contribution is 2.13. The van der Waals surface area contributed by atoms with Crippen LogP contribution in [0.2, 0.25) is 0 Å². The van der Waals surface area contributed by atoms with Gasteiger partial charge in [0.15, 0.2) is 0 Å². The van der Waals surface area contributed by atoms with Crippen molar-refractivity contribution in [2.45, 2.75) is 6.42 Å². The average molecular weight is 354 g/mol. The molecule has 1 aliphatic rings. The largest absolute Gasteiger partial charge is 0.493 e. The van der Waals surface area contributed by atoms with Crippen LogP contribution in [0.5, 0.6) is 11.5 Å². The molecule has 1 saturated heterocycles. The van der Waals surface area contributed by atoms with Gasteiger partial charge in [-0.3, -0.25) is 4.79 Å². The number of carbonyl (C=O) groups excluding carboxylic acids is 2. The predicted octanol–water partition coefficient (Wildman–Crippen LogP) is 2.80. The second-order valence-corrected chi connectivity index (χ2v) is 5.96. The summed E-state index contributed by atoms with van der Waals surface area (Å²) < 4.78 is 10.9. The Balaban J connectivity index is 1.38. The Kier molecular flexibility index (Phi) is 6.09. The van der Waals surface area contributed by atoms with Crippen molar-refractivity contribution in [2.24, 2.45) is 0 Å². The number of amides is 2. The van der Waals surface area contributed by atoms with Crippen molar-refractivity contribution in [1.29, 1.82) is 0 Å². The quantitative estimate of drug-likeness (QED) is 0.828. The van der Waals surface area contributed by atoms with Gasteiger partial charge >= 0.3 is 6.09 Å². The molecular formula is C20H22N2O4. The lowest BCUT2D eigenvalue weighted by Crippen LogP contribution is -2.51. The Morgan fingerprint density at radius 2 is 1.31 bits per heavy atom. The van der Waals surface area contributed by atoms with E-state index in [0.717, 1.165) is 5.75 Å². The number of ether oxygens (including phenoxy) is 2. The SMILES string of the molecule is O=C(CCOc1ccccc1)N1CCN(C(=O)Oc2ccccc2)CC1. The third-order valence-corrected chi connectivity index (χ3v) is 4.17. The zero-order valence-corrected chi connectivity index (χ0v) is 14.5. The van der Waals surface area contributed by atoms with Crippen molar-refractivity contribution in [3.05, 3.63) is 60.7 Å². The van der Waals surface area contributed by atoms with Crippen LogP contribution in [0.15, 0.2) is 60.7 Å². The Hall–Kier alpha value is -3.02. The lowest BCUT2D eigenvalue weighted by Gasteiger charge is -2.34. The predicted molar refractivity (Wildman–Crippen MR) is 97.2 cm³/mol. The monoisotopic (exact) mass is 354 g/mol. The highest BCUT2D eigenvalue weighted by atomic mass is 16.6. The zero-order valence-electron chi connectivity index (χ0n) is 14.5. The summed E-state index contributed by atoms with van der Waals surface area (Å²) in [6, 6.07) is 18.4. The van der Waals surface area contributed by atoms with E-state index in [2.05, 4.69) is 0 Å². The van der Waals surface area contributed by atoms with E-state index in [-0.39, 0.29) is 12.0 Å². The molecule has 6 heteroatoms. The van der Waals surface area contributed by atoms with Gasteiger partial charge in [-0.25, -0.2) is 4.79 Å². The number of hydrogen-bond acceptors (Lipinski definition) is 4. The summed E-state index contributed by atoms with van der Waals surface area (Å²) in [6.07, 6.45) is -0.0562. The zero-order chi connectivity index (χ0) is 18.2. The van der Waals surface area contributed by atoms with E-state index in [1.807, 2.05) is 48.5 Å². The number of nitrogens with zero attached hydrogens (tertiary/aromatic N) is 2. The number of para-hydroxylation sites is 2. The van der Waals surface area contributed by atoms with Crippen LogP contribution in [-0.4, -0.2) is 54.6 Å². The number of benzene rings is 2. The summed E-state index contributed by atoms with van der Waals surface area (Å²) in [5.74, 6) is 1.32. The molecule has 1 aliphatic heterocycles. The molecule has 26 heavy (non-hydrogen) atoms. The van der Waals surface area contributed by atoms with Crippen LogP contribution in [-0.2, 0) is 4.79 Å². The van der Waals surface area contributed by atoms with Crippen molar-refractivity contribution < 1.29 is 19.1 Å². The van der Waals surface area contributed by atoms with Crippen LogP contribution in [0, 0.1) is 0 Å². The second-order valence-electron chi connectivity index (χ2n) is 5.96. The lowest BCUT2D eigenvalue weighted by atomic mass is 10.3. The van der Waals surface area contributed by atoms with E-state index in [1.54, 1.807) is 21.9 Å². The number of piperazine rings is 1. The first kappa shape index (κ1) is 17.8. The fraction of sp³-hybridized carbons (Fsp3) is 0.300. The topological polar surface area (TPSA) is 59.1 Å². The summed E-state index contributed by atoms with van der Waals surface area (Å²) in [6.45, 7) is 2.30. The third kappa shape index (κ3) is 4.99. The van der Waals surface area contributed by atoms with Crippen molar-refractivity contribution in [3.63, 3.8) is 0 Å². The molecule has 0 atom stereocenters. The van der Waals surface area contributed by atoms with Crippen molar-refractivity contribution in [1.82, 2.24) is 9.80 Å². The van der Waals surface area contributed by atoms with Gasteiger partial charge in [0, 0.05) is 26.2 Å². The number of carbonyl (C=O) groups is 2. The minimum Gasteiger partial charge on any atom is -0.493 e. The Morgan fingerprint density at radius 1 is 0.769 bits per heavy atom. The Morgan fingerprint density at radius 3 is 1.92 bits per heavy atom. The molecule has 6 nitrogen and oxygen atoms in total. The van der Waals surface area contributed by atoms with E-state index < -0.39 is 0 Å². The van der Waals surface area contributed by atoms with E-state index in [9.17, 15) is 9.59 Å². The fourth-order valence-electron chi connectivity index (χ4n) is 2.72. The first-order valence-corrected chi connectivity index (χ1v) is 8.70.